The first-order valence-corrected chi connectivity index (χ1v) is 7.79. The van der Waals surface area contributed by atoms with Crippen LogP contribution in [-0.4, -0.2) is 33.7 Å². The number of aryl methyl sites for hydroxylation is 1. The molecule has 0 saturated carbocycles. The molecule has 0 aliphatic heterocycles. The van der Waals surface area contributed by atoms with E-state index in [-0.39, 0.29) is 29.4 Å². The molecule has 3 rings (SSSR count). The Hall–Kier alpha value is -3.30. The Morgan fingerprint density at radius 1 is 1.30 bits per heavy atom. The number of oxazole rings is 1. The number of rotatable bonds is 5. The van der Waals surface area contributed by atoms with Crippen LogP contribution in [0, 0.1) is 0 Å². The number of aromatic nitrogens is 3. The van der Waals surface area contributed by atoms with Crippen molar-refractivity contribution >= 4 is 5.97 Å². The highest BCUT2D eigenvalue weighted by atomic mass is 19.4. The van der Waals surface area contributed by atoms with Gasteiger partial charge in [-0.25, -0.2) is 9.78 Å². The Labute approximate surface area is 151 Å². The smallest absolute Gasteiger partial charge is 0.461 e. The lowest BCUT2D eigenvalue weighted by atomic mass is 10.1. The molecule has 0 atom stereocenters. The summed E-state index contributed by atoms with van der Waals surface area (Å²) in [5.74, 6) is -0.902. The molecular formula is C17H14F3N3O4. The van der Waals surface area contributed by atoms with Crippen LogP contribution in [0.3, 0.4) is 0 Å². The fourth-order valence-corrected chi connectivity index (χ4v) is 2.47. The van der Waals surface area contributed by atoms with Crippen LogP contribution in [0.1, 0.15) is 17.4 Å². The number of esters is 1. The lowest BCUT2D eigenvalue weighted by Crippen LogP contribution is -2.17. The topological polar surface area (TPSA) is 79.4 Å². The van der Waals surface area contributed by atoms with Crippen molar-refractivity contribution in [1.82, 2.24) is 14.8 Å². The van der Waals surface area contributed by atoms with Gasteiger partial charge in [-0.15, -0.1) is 13.2 Å². The number of carbonyl (C=O) groups excluding carboxylic acids is 1. The van der Waals surface area contributed by atoms with E-state index in [9.17, 15) is 18.0 Å². The summed E-state index contributed by atoms with van der Waals surface area (Å²) in [6.07, 6.45) is -2.13. The summed E-state index contributed by atoms with van der Waals surface area (Å²) in [6, 6.07) is 5.28. The van der Waals surface area contributed by atoms with E-state index in [2.05, 4.69) is 14.8 Å². The largest absolute Gasteiger partial charge is 0.573 e. The highest BCUT2D eigenvalue weighted by Gasteiger charge is 2.33. The predicted octanol–water partition coefficient (Wildman–Crippen LogP) is 3.82. The Morgan fingerprint density at radius 2 is 2.07 bits per heavy atom. The lowest BCUT2D eigenvalue weighted by Gasteiger charge is -2.14. The summed E-state index contributed by atoms with van der Waals surface area (Å²) in [4.78, 5) is 15.9. The highest BCUT2D eigenvalue weighted by molar-refractivity contribution is 5.89. The molecule has 0 radical (unpaired) electrons. The molecule has 7 nitrogen and oxygen atoms in total. The second kappa shape index (κ2) is 7.14. The quantitative estimate of drug-likeness (QED) is 0.625. The standard InChI is InChI=1S/C17H14F3N3O4/c1-3-25-16(24)12-9-13(23(2)22-12)11-8-10(15-21-6-7-26-15)4-5-14(11)27-17(18,19)20/h4-9H,3H2,1-2H3. The third-order valence-electron chi connectivity index (χ3n) is 3.52. The van der Waals surface area contributed by atoms with Gasteiger partial charge in [-0.05, 0) is 31.2 Å². The van der Waals surface area contributed by atoms with E-state index in [1.165, 1.54) is 42.4 Å². The number of halogens is 3. The van der Waals surface area contributed by atoms with Crippen molar-refractivity contribution < 1.29 is 31.9 Å². The SMILES string of the molecule is CCOC(=O)c1cc(-c2cc(-c3ncco3)ccc2OC(F)(F)F)n(C)n1. The van der Waals surface area contributed by atoms with Crippen LogP contribution in [0.5, 0.6) is 5.75 Å². The van der Waals surface area contributed by atoms with E-state index in [4.69, 9.17) is 9.15 Å². The van der Waals surface area contributed by atoms with E-state index in [0.29, 0.717) is 5.56 Å². The van der Waals surface area contributed by atoms with Gasteiger partial charge in [0.1, 0.15) is 12.0 Å². The summed E-state index contributed by atoms with van der Waals surface area (Å²) in [5.41, 5.74) is 0.691. The number of hydrogen-bond acceptors (Lipinski definition) is 6. The second-order valence-corrected chi connectivity index (χ2v) is 5.35. The molecule has 2 heterocycles. The first-order chi connectivity index (χ1) is 12.8. The van der Waals surface area contributed by atoms with Crippen molar-refractivity contribution in [3.8, 4) is 28.5 Å². The number of benzene rings is 1. The zero-order valence-electron chi connectivity index (χ0n) is 14.3. The van der Waals surface area contributed by atoms with E-state index in [1.54, 1.807) is 6.92 Å². The fourth-order valence-electron chi connectivity index (χ4n) is 2.47. The molecule has 10 heteroatoms. The predicted molar refractivity (Wildman–Crippen MR) is 86.8 cm³/mol. The summed E-state index contributed by atoms with van der Waals surface area (Å²) < 4.78 is 53.8. The number of hydrogen-bond donors (Lipinski definition) is 0. The van der Waals surface area contributed by atoms with Gasteiger partial charge >= 0.3 is 12.3 Å². The number of ether oxygens (including phenoxy) is 2. The lowest BCUT2D eigenvalue weighted by molar-refractivity contribution is -0.274. The Bertz CT molecular complexity index is 949. The average Bonchev–Trinajstić information content (AvgIpc) is 3.24. The molecule has 27 heavy (non-hydrogen) atoms. The zero-order valence-corrected chi connectivity index (χ0v) is 14.3. The summed E-state index contributed by atoms with van der Waals surface area (Å²) in [5, 5.41) is 4.00. The molecule has 0 aliphatic rings. The van der Waals surface area contributed by atoms with Crippen molar-refractivity contribution in [1.29, 1.82) is 0 Å². The highest BCUT2D eigenvalue weighted by Crippen LogP contribution is 2.37. The number of alkyl halides is 3. The molecule has 0 fully saturated rings. The summed E-state index contributed by atoms with van der Waals surface area (Å²) >= 11 is 0. The molecule has 0 spiro atoms. The Kier molecular flexibility index (Phi) is 4.89. The van der Waals surface area contributed by atoms with Crippen molar-refractivity contribution in [2.45, 2.75) is 13.3 Å². The first kappa shape index (κ1) is 18.5. The van der Waals surface area contributed by atoms with Crippen LogP contribution in [0.2, 0.25) is 0 Å². The van der Waals surface area contributed by atoms with Crippen molar-refractivity contribution in [2.75, 3.05) is 6.61 Å². The van der Waals surface area contributed by atoms with E-state index < -0.39 is 18.1 Å². The maximum Gasteiger partial charge on any atom is 0.573 e. The van der Waals surface area contributed by atoms with Gasteiger partial charge in [0.05, 0.1) is 18.5 Å². The molecule has 2 aromatic heterocycles. The minimum Gasteiger partial charge on any atom is -0.461 e. The first-order valence-electron chi connectivity index (χ1n) is 7.79. The molecule has 0 saturated heterocycles. The van der Waals surface area contributed by atoms with Gasteiger partial charge in [0, 0.05) is 18.2 Å². The number of nitrogens with zero attached hydrogens (tertiary/aromatic N) is 3. The van der Waals surface area contributed by atoms with Crippen LogP contribution in [0.25, 0.3) is 22.7 Å². The Morgan fingerprint density at radius 3 is 2.70 bits per heavy atom. The molecule has 3 aromatic rings. The molecule has 0 unspecified atom stereocenters. The minimum atomic E-state index is -4.89. The van der Waals surface area contributed by atoms with Crippen LogP contribution >= 0.6 is 0 Å². The van der Waals surface area contributed by atoms with Gasteiger partial charge in [0.2, 0.25) is 5.89 Å². The molecular weight excluding hydrogens is 367 g/mol. The third-order valence-corrected chi connectivity index (χ3v) is 3.52. The zero-order chi connectivity index (χ0) is 19.6. The minimum absolute atomic E-state index is 0.0335. The van der Waals surface area contributed by atoms with E-state index in [1.807, 2.05) is 0 Å². The summed E-state index contributed by atoms with van der Waals surface area (Å²) in [7, 11) is 1.49. The van der Waals surface area contributed by atoms with Gasteiger partial charge in [0.25, 0.3) is 0 Å². The number of carbonyl (C=O) groups is 1. The van der Waals surface area contributed by atoms with Gasteiger partial charge in [-0.1, -0.05) is 0 Å². The molecule has 0 amide bonds. The average molecular weight is 381 g/mol. The summed E-state index contributed by atoms with van der Waals surface area (Å²) in [6.45, 7) is 1.78. The van der Waals surface area contributed by atoms with Gasteiger partial charge in [-0.3, -0.25) is 4.68 Å². The molecule has 0 N–H and O–H groups in total. The molecule has 142 valence electrons. The van der Waals surface area contributed by atoms with E-state index in [0.717, 1.165) is 6.07 Å². The molecule has 0 bridgehead atoms. The maximum atomic E-state index is 12.8. The van der Waals surface area contributed by atoms with E-state index >= 15 is 0 Å². The van der Waals surface area contributed by atoms with Gasteiger partial charge < -0.3 is 13.9 Å². The fraction of sp³-hybridized carbons (Fsp3) is 0.235. The monoisotopic (exact) mass is 381 g/mol. The third kappa shape index (κ3) is 4.10. The maximum absolute atomic E-state index is 12.8. The van der Waals surface area contributed by atoms with Crippen molar-refractivity contribution in [3.05, 3.63) is 42.4 Å². The normalized spacial score (nSPS) is 11.4. The van der Waals surface area contributed by atoms with Crippen LogP contribution < -0.4 is 4.74 Å². The molecule has 1 aromatic carbocycles. The van der Waals surface area contributed by atoms with Crippen LogP contribution in [-0.2, 0) is 11.8 Å². The van der Waals surface area contributed by atoms with Crippen LogP contribution in [0.15, 0.2) is 41.1 Å². The van der Waals surface area contributed by atoms with Crippen LogP contribution in [0.4, 0.5) is 13.2 Å². The second-order valence-electron chi connectivity index (χ2n) is 5.35. The van der Waals surface area contributed by atoms with Crippen molar-refractivity contribution in [2.24, 2.45) is 7.05 Å². The van der Waals surface area contributed by atoms with Gasteiger partial charge in [0.15, 0.2) is 5.69 Å². The Balaban J connectivity index is 2.11. The molecule has 0 aliphatic carbocycles. The van der Waals surface area contributed by atoms with Gasteiger partial charge in [-0.2, -0.15) is 5.10 Å². The van der Waals surface area contributed by atoms with Crippen molar-refractivity contribution in [3.63, 3.8) is 0 Å².